The molecule has 3 heterocycles. The summed E-state index contributed by atoms with van der Waals surface area (Å²) >= 11 is 3.51. The standard InChI is InChI=1S/C20H23N3OS2/c1-22(12-15-8-11-25-14-15)13-19(24)23-9-6-16(7-10-23)20-21-17-4-2-3-5-18(17)26-20/h2-5,8,11,14,16H,6-7,9-10,12-13H2,1H3. The van der Waals surface area contributed by atoms with E-state index >= 15 is 0 Å². The number of likely N-dealkylation sites (tertiary alicyclic amines) is 1. The van der Waals surface area contributed by atoms with Crippen molar-refractivity contribution in [2.24, 2.45) is 0 Å². The molecule has 1 aliphatic rings. The van der Waals surface area contributed by atoms with Crippen LogP contribution < -0.4 is 0 Å². The summed E-state index contributed by atoms with van der Waals surface area (Å²) in [6.45, 7) is 3.00. The van der Waals surface area contributed by atoms with E-state index in [-0.39, 0.29) is 5.91 Å². The predicted octanol–water partition coefficient (Wildman–Crippen LogP) is 4.20. The van der Waals surface area contributed by atoms with Crippen molar-refractivity contribution in [3.8, 4) is 0 Å². The lowest BCUT2D eigenvalue weighted by Gasteiger charge is -2.32. The van der Waals surface area contributed by atoms with Gasteiger partial charge in [0.05, 0.1) is 21.8 Å². The molecule has 1 fully saturated rings. The van der Waals surface area contributed by atoms with Gasteiger partial charge in [0.15, 0.2) is 0 Å². The highest BCUT2D eigenvalue weighted by Gasteiger charge is 2.26. The number of hydrogen-bond donors (Lipinski definition) is 0. The number of likely N-dealkylation sites (N-methyl/N-ethyl adjacent to an activating group) is 1. The minimum absolute atomic E-state index is 0.241. The Bertz CT molecular complexity index is 833. The summed E-state index contributed by atoms with van der Waals surface area (Å²) in [6.07, 6.45) is 2.03. The van der Waals surface area contributed by atoms with E-state index in [1.165, 1.54) is 15.3 Å². The quantitative estimate of drug-likeness (QED) is 0.661. The molecular weight excluding hydrogens is 362 g/mol. The second kappa shape index (κ2) is 7.86. The number of amides is 1. The Kier molecular flexibility index (Phi) is 5.33. The fourth-order valence-corrected chi connectivity index (χ4v) is 5.32. The molecule has 0 atom stereocenters. The smallest absolute Gasteiger partial charge is 0.236 e. The maximum absolute atomic E-state index is 12.6. The Balaban J connectivity index is 1.30. The summed E-state index contributed by atoms with van der Waals surface area (Å²) in [7, 11) is 2.02. The van der Waals surface area contributed by atoms with E-state index in [1.807, 2.05) is 18.0 Å². The number of fused-ring (bicyclic) bond motifs is 1. The Morgan fingerprint density at radius 1 is 1.27 bits per heavy atom. The van der Waals surface area contributed by atoms with Crippen molar-refractivity contribution < 1.29 is 4.79 Å². The molecule has 2 aromatic heterocycles. The Morgan fingerprint density at radius 2 is 2.08 bits per heavy atom. The molecule has 0 unspecified atom stereocenters. The SMILES string of the molecule is CN(CC(=O)N1CCC(c2nc3ccccc3s2)CC1)Cc1ccsc1. The molecule has 1 amide bonds. The van der Waals surface area contributed by atoms with E-state index in [9.17, 15) is 4.79 Å². The summed E-state index contributed by atoms with van der Waals surface area (Å²) in [5.41, 5.74) is 2.38. The number of carbonyl (C=O) groups excluding carboxylic acids is 1. The van der Waals surface area contributed by atoms with E-state index < -0.39 is 0 Å². The van der Waals surface area contributed by atoms with Gasteiger partial charge >= 0.3 is 0 Å². The molecule has 0 radical (unpaired) electrons. The molecule has 6 heteroatoms. The van der Waals surface area contributed by atoms with Crippen LogP contribution in [0.2, 0.25) is 0 Å². The fourth-order valence-electron chi connectivity index (χ4n) is 3.52. The number of para-hydroxylation sites is 1. The molecule has 136 valence electrons. The summed E-state index contributed by atoms with van der Waals surface area (Å²) in [5.74, 6) is 0.727. The summed E-state index contributed by atoms with van der Waals surface area (Å²) < 4.78 is 1.26. The summed E-state index contributed by atoms with van der Waals surface area (Å²) in [4.78, 5) is 21.5. The van der Waals surface area contributed by atoms with Gasteiger partial charge in [-0.25, -0.2) is 4.98 Å². The highest BCUT2D eigenvalue weighted by molar-refractivity contribution is 7.18. The van der Waals surface area contributed by atoms with Crippen LogP contribution in [0, 0.1) is 0 Å². The summed E-state index contributed by atoms with van der Waals surface area (Å²) in [6, 6.07) is 10.4. The van der Waals surface area contributed by atoms with E-state index in [0.717, 1.165) is 38.0 Å². The molecule has 1 aromatic carbocycles. The van der Waals surface area contributed by atoms with Crippen molar-refractivity contribution in [3.05, 3.63) is 51.7 Å². The zero-order valence-electron chi connectivity index (χ0n) is 14.9. The lowest BCUT2D eigenvalue weighted by atomic mass is 9.97. The number of hydrogen-bond acceptors (Lipinski definition) is 5. The van der Waals surface area contributed by atoms with Gasteiger partial charge in [-0.15, -0.1) is 11.3 Å². The molecule has 0 saturated carbocycles. The third-order valence-corrected chi connectivity index (χ3v) is 6.88. The Morgan fingerprint density at radius 3 is 2.81 bits per heavy atom. The van der Waals surface area contributed by atoms with Gasteiger partial charge in [-0.2, -0.15) is 11.3 Å². The maximum atomic E-state index is 12.6. The first-order valence-corrected chi connectivity index (χ1v) is 10.8. The average molecular weight is 386 g/mol. The fraction of sp³-hybridized carbons (Fsp3) is 0.400. The second-order valence-electron chi connectivity index (χ2n) is 6.98. The van der Waals surface area contributed by atoms with Crippen molar-refractivity contribution >= 4 is 38.8 Å². The molecule has 26 heavy (non-hydrogen) atoms. The van der Waals surface area contributed by atoms with Crippen LogP contribution in [0.4, 0.5) is 0 Å². The van der Waals surface area contributed by atoms with Gasteiger partial charge in [0.2, 0.25) is 5.91 Å². The topological polar surface area (TPSA) is 36.4 Å². The minimum Gasteiger partial charge on any atom is -0.342 e. The van der Waals surface area contributed by atoms with Crippen LogP contribution in [0.15, 0.2) is 41.1 Å². The normalized spacial score (nSPS) is 15.8. The van der Waals surface area contributed by atoms with Crippen LogP contribution in [0.3, 0.4) is 0 Å². The first kappa shape index (κ1) is 17.6. The first-order valence-electron chi connectivity index (χ1n) is 9.02. The zero-order valence-corrected chi connectivity index (χ0v) is 16.6. The van der Waals surface area contributed by atoms with Gasteiger partial charge in [0.1, 0.15) is 0 Å². The van der Waals surface area contributed by atoms with Crippen molar-refractivity contribution in [1.82, 2.24) is 14.8 Å². The number of benzene rings is 1. The lowest BCUT2D eigenvalue weighted by molar-refractivity contribution is -0.133. The highest BCUT2D eigenvalue weighted by atomic mass is 32.1. The number of thiazole rings is 1. The number of nitrogens with zero attached hydrogens (tertiary/aromatic N) is 3. The molecule has 4 rings (SSSR count). The molecule has 0 bridgehead atoms. The number of thiophene rings is 1. The summed E-state index contributed by atoms with van der Waals surface area (Å²) in [5, 5.41) is 5.45. The molecular formula is C20H23N3OS2. The first-order chi connectivity index (χ1) is 12.7. The molecule has 1 aliphatic heterocycles. The van der Waals surface area contributed by atoms with Gasteiger partial charge in [0.25, 0.3) is 0 Å². The third-order valence-electron chi connectivity index (χ3n) is 4.95. The molecule has 0 N–H and O–H groups in total. The monoisotopic (exact) mass is 385 g/mol. The van der Waals surface area contributed by atoms with Gasteiger partial charge in [-0.05, 0) is 54.4 Å². The van der Waals surface area contributed by atoms with Crippen LogP contribution in [-0.2, 0) is 11.3 Å². The molecule has 3 aromatic rings. The van der Waals surface area contributed by atoms with Gasteiger partial charge in [-0.3, -0.25) is 9.69 Å². The number of rotatable bonds is 5. The van der Waals surface area contributed by atoms with Crippen LogP contribution in [0.1, 0.15) is 29.3 Å². The van der Waals surface area contributed by atoms with E-state index in [2.05, 4.69) is 39.9 Å². The van der Waals surface area contributed by atoms with Crippen LogP contribution in [0.25, 0.3) is 10.2 Å². The van der Waals surface area contributed by atoms with Crippen molar-refractivity contribution in [1.29, 1.82) is 0 Å². The predicted molar refractivity (Wildman–Crippen MR) is 109 cm³/mol. The van der Waals surface area contributed by atoms with Crippen LogP contribution >= 0.6 is 22.7 Å². The van der Waals surface area contributed by atoms with Crippen molar-refractivity contribution in [3.63, 3.8) is 0 Å². The number of carbonyl (C=O) groups is 1. The number of piperidine rings is 1. The van der Waals surface area contributed by atoms with Crippen LogP contribution in [0.5, 0.6) is 0 Å². The van der Waals surface area contributed by atoms with E-state index in [1.54, 1.807) is 22.7 Å². The third kappa shape index (κ3) is 3.98. The van der Waals surface area contributed by atoms with Gasteiger partial charge in [0, 0.05) is 25.6 Å². The van der Waals surface area contributed by atoms with Gasteiger partial charge < -0.3 is 4.90 Å². The number of aromatic nitrogens is 1. The van der Waals surface area contributed by atoms with E-state index in [0.29, 0.717) is 12.5 Å². The second-order valence-corrected chi connectivity index (χ2v) is 8.82. The Hall–Kier alpha value is -1.76. The molecule has 0 spiro atoms. The van der Waals surface area contributed by atoms with E-state index in [4.69, 9.17) is 4.98 Å². The average Bonchev–Trinajstić information content (AvgIpc) is 3.31. The largest absolute Gasteiger partial charge is 0.342 e. The minimum atomic E-state index is 0.241. The zero-order chi connectivity index (χ0) is 17.9. The lowest BCUT2D eigenvalue weighted by Crippen LogP contribution is -2.42. The van der Waals surface area contributed by atoms with Crippen molar-refractivity contribution in [2.75, 3.05) is 26.7 Å². The highest BCUT2D eigenvalue weighted by Crippen LogP contribution is 2.33. The Labute approximate surface area is 162 Å². The van der Waals surface area contributed by atoms with Crippen LogP contribution in [-0.4, -0.2) is 47.4 Å². The van der Waals surface area contributed by atoms with Crippen molar-refractivity contribution in [2.45, 2.75) is 25.3 Å². The maximum Gasteiger partial charge on any atom is 0.236 e. The molecule has 0 aliphatic carbocycles. The van der Waals surface area contributed by atoms with Gasteiger partial charge in [-0.1, -0.05) is 12.1 Å². The molecule has 1 saturated heterocycles. The molecule has 4 nitrogen and oxygen atoms in total.